The number of allylic oxidation sites excluding steroid dienone is 1. The van der Waals surface area contributed by atoms with Gasteiger partial charge in [-0.1, -0.05) is 6.08 Å². The van der Waals surface area contributed by atoms with Gasteiger partial charge in [-0.05, 0) is 70.9 Å². The van der Waals surface area contributed by atoms with E-state index < -0.39 is 23.9 Å². The molecular formula is C23H35N3O6. The van der Waals surface area contributed by atoms with Gasteiger partial charge in [-0.2, -0.15) is 5.10 Å². The van der Waals surface area contributed by atoms with Crippen molar-refractivity contribution in [3.63, 3.8) is 0 Å². The Hall–Kier alpha value is -2.39. The minimum absolute atomic E-state index is 0.0721. The highest BCUT2D eigenvalue weighted by molar-refractivity contribution is 5.75. The van der Waals surface area contributed by atoms with Crippen LogP contribution in [-0.2, 0) is 25.4 Å². The molecule has 2 heterocycles. The smallest absolute Gasteiger partial charge is 0.410 e. The summed E-state index contributed by atoms with van der Waals surface area (Å²) < 4.78 is 17.4. The van der Waals surface area contributed by atoms with Crippen LogP contribution in [0.5, 0.6) is 0 Å². The summed E-state index contributed by atoms with van der Waals surface area (Å²) in [5, 5.41) is 14.8. The van der Waals surface area contributed by atoms with Crippen molar-refractivity contribution in [2.24, 2.45) is 5.41 Å². The topological polar surface area (TPSA) is 103 Å². The van der Waals surface area contributed by atoms with Crippen LogP contribution >= 0.6 is 0 Å². The molecule has 1 aromatic rings. The van der Waals surface area contributed by atoms with Gasteiger partial charge in [0.1, 0.15) is 5.60 Å². The monoisotopic (exact) mass is 449 g/mol. The van der Waals surface area contributed by atoms with Crippen molar-refractivity contribution >= 4 is 18.1 Å². The first-order chi connectivity index (χ1) is 15.1. The zero-order valence-electron chi connectivity index (χ0n) is 19.7. The van der Waals surface area contributed by atoms with Gasteiger partial charge in [0.15, 0.2) is 12.3 Å². The summed E-state index contributed by atoms with van der Waals surface area (Å²) in [6.45, 7) is 10.8. The zero-order chi connectivity index (χ0) is 23.5. The quantitative estimate of drug-likeness (QED) is 0.526. The number of piperidine rings is 1. The van der Waals surface area contributed by atoms with E-state index in [4.69, 9.17) is 14.2 Å². The number of carbonyl (C=O) groups excluding carboxylic acids is 2. The number of fused-ring (bicyclic) bond motifs is 1. The van der Waals surface area contributed by atoms with E-state index in [1.165, 1.54) is 4.68 Å². The van der Waals surface area contributed by atoms with Crippen LogP contribution in [-0.4, -0.2) is 70.0 Å². The Morgan fingerprint density at radius 1 is 1.22 bits per heavy atom. The highest BCUT2D eigenvalue weighted by Crippen LogP contribution is 2.42. The van der Waals surface area contributed by atoms with Gasteiger partial charge >= 0.3 is 12.1 Å². The molecule has 2 atom stereocenters. The van der Waals surface area contributed by atoms with E-state index >= 15 is 0 Å². The van der Waals surface area contributed by atoms with Crippen LogP contribution in [0.4, 0.5) is 4.79 Å². The molecule has 32 heavy (non-hydrogen) atoms. The van der Waals surface area contributed by atoms with Crippen molar-refractivity contribution in [1.82, 2.24) is 14.7 Å². The Bertz CT molecular complexity index is 848. The van der Waals surface area contributed by atoms with Gasteiger partial charge in [0, 0.05) is 19.7 Å². The van der Waals surface area contributed by atoms with Gasteiger partial charge in [-0.25, -0.2) is 14.3 Å². The van der Waals surface area contributed by atoms with Crippen molar-refractivity contribution in [1.29, 1.82) is 0 Å². The zero-order valence-corrected chi connectivity index (χ0v) is 19.7. The summed E-state index contributed by atoms with van der Waals surface area (Å²) in [5.41, 5.74) is 1.18. The van der Waals surface area contributed by atoms with Crippen molar-refractivity contribution < 1.29 is 28.9 Å². The molecule has 1 saturated heterocycles. The lowest BCUT2D eigenvalue weighted by atomic mass is 9.71. The number of carbonyl (C=O) groups is 2. The lowest BCUT2D eigenvalue weighted by molar-refractivity contribution is -0.172. The molecule has 0 aromatic carbocycles. The van der Waals surface area contributed by atoms with Crippen LogP contribution in [0.15, 0.2) is 12.3 Å². The van der Waals surface area contributed by atoms with Crippen LogP contribution < -0.4 is 0 Å². The Morgan fingerprint density at radius 2 is 1.91 bits per heavy atom. The fourth-order valence-electron chi connectivity index (χ4n) is 4.27. The third-order valence-electron chi connectivity index (χ3n) is 5.86. The molecule has 1 fully saturated rings. The highest BCUT2D eigenvalue weighted by Gasteiger charge is 2.40. The lowest BCUT2D eigenvalue weighted by Gasteiger charge is -2.41. The predicted octanol–water partition coefficient (Wildman–Crippen LogP) is 2.93. The lowest BCUT2D eigenvalue weighted by Crippen LogP contribution is -2.45. The molecule has 1 N–H and O–H groups in total. The van der Waals surface area contributed by atoms with E-state index in [1.54, 1.807) is 24.9 Å². The van der Waals surface area contributed by atoms with Gasteiger partial charge in [0.25, 0.3) is 0 Å². The van der Waals surface area contributed by atoms with Crippen LogP contribution in [0.25, 0.3) is 6.08 Å². The third-order valence-corrected chi connectivity index (χ3v) is 5.86. The molecule has 2 unspecified atom stereocenters. The maximum Gasteiger partial charge on any atom is 0.410 e. The number of rotatable bonds is 6. The van der Waals surface area contributed by atoms with E-state index in [2.05, 4.69) is 11.2 Å². The molecule has 3 rings (SSSR count). The van der Waals surface area contributed by atoms with Gasteiger partial charge in [-0.15, -0.1) is 0 Å². The second-order valence-electron chi connectivity index (χ2n) is 9.38. The molecule has 1 amide bonds. The maximum atomic E-state index is 12.5. The first kappa shape index (κ1) is 24.3. The summed E-state index contributed by atoms with van der Waals surface area (Å²) >= 11 is 0. The van der Waals surface area contributed by atoms with Gasteiger partial charge in [-0.3, -0.25) is 0 Å². The molecule has 0 radical (unpaired) electrons. The van der Waals surface area contributed by atoms with Crippen molar-refractivity contribution in [3.8, 4) is 0 Å². The maximum absolute atomic E-state index is 12.5. The van der Waals surface area contributed by atoms with Crippen LogP contribution in [0, 0.1) is 5.41 Å². The van der Waals surface area contributed by atoms with Crippen LogP contribution in [0.2, 0.25) is 0 Å². The van der Waals surface area contributed by atoms with Crippen LogP contribution in [0.3, 0.4) is 0 Å². The molecule has 178 valence electrons. The Morgan fingerprint density at radius 3 is 2.50 bits per heavy atom. The number of hydrogen-bond acceptors (Lipinski definition) is 7. The number of ether oxygens (including phenoxy) is 3. The minimum atomic E-state index is -1.36. The Balaban J connectivity index is 1.74. The molecule has 1 spiro atoms. The van der Waals surface area contributed by atoms with E-state index in [0.717, 1.165) is 30.5 Å². The standard InChI is InChI=1S/C23H35N3O6/c1-6-30-19(27)18(20(28)31-7-2)26-17-8-9-23(14-16(17)15-24-26)10-12-25(13-11-23)21(29)32-22(3,4)5/h8-9,15,18-19,27H,6-7,10-14H2,1-5H3. The first-order valence-corrected chi connectivity index (χ1v) is 11.3. The molecular weight excluding hydrogens is 414 g/mol. The molecule has 9 nitrogen and oxygen atoms in total. The van der Waals surface area contributed by atoms with Crippen LogP contribution in [0.1, 0.15) is 64.8 Å². The van der Waals surface area contributed by atoms with E-state index in [-0.39, 0.29) is 24.7 Å². The molecule has 1 aromatic heterocycles. The van der Waals surface area contributed by atoms with E-state index in [0.29, 0.717) is 13.1 Å². The number of aliphatic hydroxyl groups is 1. The number of amides is 1. The number of hydrogen-bond donors (Lipinski definition) is 1. The van der Waals surface area contributed by atoms with Gasteiger partial charge in [0.2, 0.25) is 0 Å². The van der Waals surface area contributed by atoms with Gasteiger partial charge in [0.05, 0.1) is 18.5 Å². The summed E-state index contributed by atoms with van der Waals surface area (Å²) in [6.07, 6.45) is 6.60. The highest BCUT2D eigenvalue weighted by atomic mass is 16.6. The molecule has 0 saturated carbocycles. The summed E-state index contributed by atoms with van der Waals surface area (Å²) in [4.78, 5) is 26.7. The first-order valence-electron chi connectivity index (χ1n) is 11.3. The number of aromatic nitrogens is 2. The summed E-state index contributed by atoms with van der Waals surface area (Å²) in [7, 11) is 0. The second-order valence-corrected chi connectivity index (χ2v) is 9.38. The normalized spacial score (nSPS) is 19.4. The Labute approximate surface area is 189 Å². The fourth-order valence-corrected chi connectivity index (χ4v) is 4.27. The molecule has 0 bridgehead atoms. The largest absolute Gasteiger partial charge is 0.464 e. The number of likely N-dealkylation sites (tertiary alicyclic amines) is 1. The summed E-state index contributed by atoms with van der Waals surface area (Å²) in [5.74, 6) is -0.585. The number of esters is 1. The average Bonchev–Trinajstić information content (AvgIpc) is 3.10. The average molecular weight is 450 g/mol. The molecule has 2 aliphatic rings. The fraction of sp³-hybridized carbons (Fsp3) is 0.696. The SMILES string of the molecule is CCOC(=O)C(C(O)OCC)n1ncc2c1C=CC1(CCN(C(=O)OC(C)(C)C)CC1)C2. The molecule has 1 aliphatic carbocycles. The van der Waals surface area contributed by atoms with E-state index in [9.17, 15) is 14.7 Å². The third kappa shape index (κ3) is 5.32. The van der Waals surface area contributed by atoms with Crippen molar-refractivity contribution in [2.75, 3.05) is 26.3 Å². The molecule has 1 aliphatic heterocycles. The Kier molecular flexibility index (Phi) is 7.29. The second kappa shape index (κ2) is 9.62. The van der Waals surface area contributed by atoms with Crippen molar-refractivity contribution in [3.05, 3.63) is 23.5 Å². The van der Waals surface area contributed by atoms with E-state index in [1.807, 2.05) is 26.8 Å². The molecule has 9 heteroatoms. The number of nitrogens with zero attached hydrogens (tertiary/aromatic N) is 3. The number of aliphatic hydroxyl groups excluding tert-OH is 1. The van der Waals surface area contributed by atoms with Gasteiger partial charge < -0.3 is 24.2 Å². The van der Waals surface area contributed by atoms with Crippen molar-refractivity contribution in [2.45, 2.75) is 71.8 Å². The predicted molar refractivity (Wildman–Crippen MR) is 118 cm³/mol. The summed E-state index contributed by atoms with van der Waals surface area (Å²) in [6, 6.07) is -1.08. The minimum Gasteiger partial charge on any atom is -0.464 e.